The smallest absolute Gasteiger partial charge is 0.325 e. The second-order valence-corrected chi connectivity index (χ2v) is 4.36. The monoisotopic (exact) mass is 227 g/mol. The molecule has 1 N–H and O–H groups in total. The Kier molecular flexibility index (Phi) is 3.85. The highest BCUT2D eigenvalue weighted by molar-refractivity contribution is 7.14. The van der Waals surface area contributed by atoms with Crippen LogP contribution in [0.3, 0.4) is 0 Å². The third kappa shape index (κ3) is 3.06. The Morgan fingerprint density at radius 3 is 2.60 bits per heavy atom. The number of hydrogen-bond donors (Lipinski definition) is 1. The second-order valence-electron chi connectivity index (χ2n) is 3.11. The summed E-state index contributed by atoms with van der Waals surface area (Å²) in [7, 11) is 1.29. The number of ether oxygens (including phenoxy) is 1. The van der Waals surface area contributed by atoms with Crippen LogP contribution in [0.5, 0.6) is 0 Å². The molecule has 1 aromatic heterocycles. The lowest BCUT2D eigenvalue weighted by molar-refractivity contribution is -0.139. The molecule has 0 spiro atoms. The van der Waals surface area contributed by atoms with Crippen molar-refractivity contribution in [3.05, 3.63) is 21.4 Å². The first-order chi connectivity index (χ1) is 7.04. The molecule has 0 aromatic carbocycles. The first-order valence-corrected chi connectivity index (χ1v) is 5.28. The zero-order chi connectivity index (χ0) is 11.4. The number of carbonyl (C=O) groups is 2. The number of rotatable bonds is 3. The number of carbonyl (C=O) groups excluding carboxylic acids is 2. The largest absolute Gasteiger partial charge is 0.468 e. The van der Waals surface area contributed by atoms with Crippen LogP contribution in [-0.2, 0) is 9.53 Å². The Morgan fingerprint density at radius 1 is 1.47 bits per heavy atom. The van der Waals surface area contributed by atoms with E-state index in [0.717, 1.165) is 10.4 Å². The van der Waals surface area contributed by atoms with Crippen molar-refractivity contribution in [1.82, 2.24) is 5.32 Å². The van der Waals surface area contributed by atoms with Gasteiger partial charge in [0.1, 0.15) is 6.54 Å². The number of methoxy groups -OCH3 is 1. The molecular weight excluding hydrogens is 214 g/mol. The van der Waals surface area contributed by atoms with Crippen LogP contribution in [0.15, 0.2) is 6.07 Å². The molecule has 1 amide bonds. The standard InChI is InChI=1S/C10H13NO3S/c1-6-4-8(15-7(6)2)10(13)11-5-9(12)14-3/h4H,5H2,1-3H3,(H,11,13). The van der Waals surface area contributed by atoms with Crippen molar-refractivity contribution in [2.45, 2.75) is 13.8 Å². The van der Waals surface area contributed by atoms with Gasteiger partial charge in [-0.25, -0.2) is 0 Å². The van der Waals surface area contributed by atoms with Gasteiger partial charge in [-0.05, 0) is 25.5 Å². The molecule has 0 saturated heterocycles. The minimum atomic E-state index is -0.451. The second kappa shape index (κ2) is 4.93. The predicted molar refractivity (Wildman–Crippen MR) is 58.1 cm³/mol. The normalized spacial score (nSPS) is 9.80. The molecule has 0 atom stereocenters. The summed E-state index contributed by atoms with van der Waals surface area (Å²) >= 11 is 1.42. The molecule has 1 rings (SSSR count). The van der Waals surface area contributed by atoms with E-state index in [4.69, 9.17) is 0 Å². The maximum Gasteiger partial charge on any atom is 0.325 e. The van der Waals surface area contributed by atoms with Crippen LogP contribution in [-0.4, -0.2) is 25.5 Å². The summed E-state index contributed by atoms with van der Waals surface area (Å²) in [6.45, 7) is 3.81. The van der Waals surface area contributed by atoms with Crippen LogP contribution in [0.4, 0.5) is 0 Å². The Morgan fingerprint density at radius 2 is 2.13 bits per heavy atom. The average molecular weight is 227 g/mol. The summed E-state index contributed by atoms with van der Waals surface area (Å²) < 4.78 is 4.42. The molecule has 5 heteroatoms. The highest BCUT2D eigenvalue weighted by Gasteiger charge is 2.11. The van der Waals surface area contributed by atoms with E-state index in [-0.39, 0.29) is 12.5 Å². The van der Waals surface area contributed by atoms with Gasteiger partial charge in [-0.3, -0.25) is 9.59 Å². The van der Waals surface area contributed by atoms with Gasteiger partial charge < -0.3 is 10.1 Å². The zero-order valence-electron chi connectivity index (χ0n) is 8.92. The van der Waals surface area contributed by atoms with E-state index in [1.54, 1.807) is 0 Å². The van der Waals surface area contributed by atoms with Crippen LogP contribution in [0.1, 0.15) is 20.1 Å². The van der Waals surface area contributed by atoms with Crippen LogP contribution in [0.2, 0.25) is 0 Å². The SMILES string of the molecule is COC(=O)CNC(=O)c1cc(C)c(C)s1. The number of hydrogen-bond acceptors (Lipinski definition) is 4. The van der Waals surface area contributed by atoms with Crippen molar-refractivity contribution in [3.8, 4) is 0 Å². The quantitative estimate of drug-likeness (QED) is 0.791. The molecule has 82 valence electrons. The molecule has 0 aliphatic rings. The summed E-state index contributed by atoms with van der Waals surface area (Å²) in [6.07, 6.45) is 0. The maximum absolute atomic E-state index is 11.5. The molecule has 0 saturated carbocycles. The molecule has 15 heavy (non-hydrogen) atoms. The molecule has 4 nitrogen and oxygen atoms in total. The fraction of sp³-hybridized carbons (Fsp3) is 0.400. The van der Waals surface area contributed by atoms with E-state index >= 15 is 0 Å². The van der Waals surface area contributed by atoms with Crippen molar-refractivity contribution in [3.63, 3.8) is 0 Å². The first-order valence-electron chi connectivity index (χ1n) is 4.46. The molecule has 0 radical (unpaired) electrons. The van der Waals surface area contributed by atoms with E-state index in [1.165, 1.54) is 18.4 Å². The number of amides is 1. The van der Waals surface area contributed by atoms with E-state index in [0.29, 0.717) is 4.88 Å². The predicted octanol–water partition coefficient (Wildman–Crippen LogP) is 1.27. The first kappa shape index (κ1) is 11.7. The Labute approximate surface area is 92.2 Å². The van der Waals surface area contributed by atoms with Crippen molar-refractivity contribution < 1.29 is 14.3 Å². The molecule has 0 bridgehead atoms. The van der Waals surface area contributed by atoms with Gasteiger partial charge in [0.05, 0.1) is 12.0 Å². The zero-order valence-corrected chi connectivity index (χ0v) is 9.73. The van der Waals surface area contributed by atoms with Gasteiger partial charge in [-0.2, -0.15) is 0 Å². The third-order valence-electron chi connectivity index (χ3n) is 2.01. The Bertz CT molecular complexity index is 365. The van der Waals surface area contributed by atoms with Gasteiger partial charge in [-0.1, -0.05) is 0 Å². The fourth-order valence-electron chi connectivity index (χ4n) is 0.997. The van der Waals surface area contributed by atoms with Crippen LogP contribution < -0.4 is 5.32 Å². The van der Waals surface area contributed by atoms with E-state index < -0.39 is 5.97 Å². The summed E-state index contributed by atoms with van der Waals surface area (Å²) in [6, 6.07) is 1.81. The summed E-state index contributed by atoms with van der Waals surface area (Å²) in [4.78, 5) is 24.0. The molecule has 1 heterocycles. The Balaban J connectivity index is 2.58. The van der Waals surface area contributed by atoms with Crippen molar-refractivity contribution in [2.24, 2.45) is 0 Å². The summed E-state index contributed by atoms with van der Waals surface area (Å²) in [5.74, 6) is -0.685. The fourth-order valence-corrected chi connectivity index (χ4v) is 1.95. The highest BCUT2D eigenvalue weighted by Crippen LogP contribution is 2.20. The lowest BCUT2D eigenvalue weighted by Gasteiger charge is -2.00. The minimum absolute atomic E-state index is 0.0919. The molecule has 0 aliphatic heterocycles. The van der Waals surface area contributed by atoms with Crippen molar-refractivity contribution >= 4 is 23.2 Å². The number of aryl methyl sites for hydroxylation is 2. The van der Waals surface area contributed by atoms with Gasteiger partial charge in [0.2, 0.25) is 0 Å². The molecule has 0 unspecified atom stereocenters. The van der Waals surface area contributed by atoms with Gasteiger partial charge in [-0.15, -0.1) is 11.3 Å². The summed E-state index contributed by atoms with van der Waals surface area (Å²) in [5, 5.41) is 2.49. The van der Waals surface area contributed by atoms with Crippen LogP contribution in [0, 0.1) is 13.8 Å². The van der Waals surface area contributed by atoms with E-state index in [9.17, 15) is 9.59 Å². The molecule has 0 fully saturated rings. The highest BCUT2D eigenvalue weighted by atomic mass is 32.1. The van der Waals surface area contributed by atoms with Gasteiger partial charge in [0.15, 0.2) is 0 Å². The van der Waals surface area contributed by atoms with Crippen LogP contribution in [0.25, 0.3) is 0 Å². The number of nitrogens with one attached hydrogen (secondary N) is 1. The number of thiophene rings is 1. The topological polar surface area (TPSA) is 55.4 Å². The van der Waals surface area contributed by atoms with Crippen molar-refractivity contribution in [2.75, 3.05) is 13.7 Å². The van der Waals surface area contributed by atoms with Gasteiger partial charge >= 0.3 is 5.97 Å². The minimum Gasteiger partial charge on any atom is -0.468 e. The van der Waals surface area contributed by atoms with Crippen molar-refractivity contribution in [1.29, 1.82) is 0 Å². The lowest BCUT2D eigenvalue weighted by atomic mass is 10.3. The van der Waals surface area contributed by atoms with E-state index in [2.05, 4.69) is 10.1 Å². The molecular formula is C10H13NO3S. The molecule has 0 aliphatic carbocycles. The number of esters is 1. The third-order valence-corrected chi connectivity index (χ3v) is 3.16. The average Bonchev–Trinajstić information content (AvgIpc) is 2.55. The van der Waals surface area contributed by atoms with Crippen LogP contribution >= 0.6 is 11.3 Å². The van der Waals surface area contributed by atoms with Gasteiger partial charge in [0, 0.05) is 4.88 Å². The summed E-state index contributed by atoms with van der Waals surface area (Å²) in [5.41, 5.74) is 1.09. The van der Waals surface area contributed by atoms with E-state index in [1.807, 2.05) is 19.9 Å². The lowest BCUT2D eigenvalue weighted by Crippen LogP contribution is -2.29. The van der Waals surface area contributed by atoms with Gasteiger partial charge in [0.25, 0.3) is 5.91 Å². The Hall–Kier alpha value is -1.36. The molecule has 1 aromatic rings. The maximum atomic E-state index is 11.5.